The Hall–Kier alpha value is -2.51. The first-order chi connectivity index (χ1) is 16.9. The number of nitrogens with zero attached hydrogens (tertiary/aromatic N) is 2. The fraction of sp³-hybridized carbons (Fsp3) is 0.500. The van der Waals surface area contributed by atoms with E-state index in [0.29, 0.717) is 24.2 Å². The normalized spacial score (nSPS) is 19.6. The molecule has 4 rings (SSSR count). The van der Waals surface area contributed by atoms with E-state index in [-0.39, 0.29) is 18.3 Å². The monoisotopic (exact) mass is 498 g/mol. The van der Waals surface area contributed by atoms with Crippen LogP contribution in [0.5, 0.6) is 5.75 Å². The smallest absolute Gasteiger partial charge is 0.303 e. The number of aromatic nitrogens is 1. The maximum absolute atomic E-state index is 15.5. The van der Waals surface area contributed by atoms with E-state index in [1.54, 1.807) is 19.4 Å². The lowest BCUT2D eigenvalue weighted by Gasteiger charge is -2.38. The predicted molar refractivity (Wildman–Crippen MR) is 139 cm³/mol. The topological polar surface area (TPSA) is 62.7 Å². The molecule has 5 nitrogen and oxygen atoms in total. The van der Waals surface area contributed by atoms with E-state index in [0.717, 1.165) is 49.8 Å². The average Bonchev–Trinajstić information content (AvgIpc) is 3.26. The van der Waals surface area contributed by atoms with Crippen LogP contribution in [0.15, 0.2) is 41.9 Å². The first-order valence-corrected chi connectivity index (χ1v) is 13.4. The molecule has 3 aromatic rings. The van der Waals surface area contributed by atoms with Gasteiger partial charge in [0.05, 0.1) is 12.6 Å². The Labute approximate surface area is 210 Å². The lowest BCUT2D eigenvalue weighted by Crippen LogP contribution is -2.42. The quantitative estimate of drug-likeness (QED) is 0.329. The summed E-state index contributed by atoms with van der Waals surface area (Å²) < 4.78 is 20.8. The van der Waals surface area contributed by atoms with E-state index in [1.807, 2.05) is 29.5 Å². The number of carboxylic acids is 1. The van der Waals surface area contributed by atoms with Crippen LogP contribution >= 0.6 is 11.3 Å². The summed E-state index contributed by atoms with van der Waals surface area (Å²) in [5.74, 6) is 0.205. The molecule has 0 unspecified atom stereocenters. The van der Waals surface area contributed by atoms with Gasteiger partial charge in [-0.15, -0.1) is 11.3 Å². The van der Waals surface area contributed by atoms with Crippen LogP contribution in [0.3, 0.4) is 0 Å². The summed E-state index contributed by atoms with van der Waals surface area (Å²) in [7, 11) is 1.60. The number of carboxylic acid groups (broad SMARTS) is 1. The highest BCUT2D eigenvalue weighted by molar-refractivity contribution is 7.10. The Morgan fingerprint density at radius 1 is 1.31 bits per heavy atom. The second kappa shape index (κ2) is 12.0. The van der Waals surface area contributed by atoms with Gasteiger partial charge < -0.3 is 14.7 Å². The molecule has 0 bridgehead atoms. The Kier molecular flexibility index (Phi) is 8.74. The number of pyridine rings is 1. The molecular formula is C28H35FN2O3S. The highest BCUT2D eigenvalue weighted by Crippen LogP contribution is 2.36. The maximum Gasteiger partial charge on any atom is 0.303 e. The summed E-state index contributed by atoms with van der Waals surface area (Å²) in [6.45, 7) is 4.88. The van der Waals surface area contributed by atoms with Crippen molar-refractivity contribution < 1.29 is 19.0 Å². The van der Waals surface area contributed by atoms with Gasteiger partial charge in [0.25, 0.3) is 0 Å². The summed E-state index contributed by atoms with van der Waals surface area (Å²) in [4.78, 5) is 19.8. The molecule has 1 N–H and O–H groups in total. The Morgan fingerprint density at radius 3 is 2.91 bits per heavy atom. The predicted octanol–water partition coefficient (Wildman–Crippen LogP) is 6.45. The average molecular weight is 499 g/mol. The summed E-state index contributed by atoms with van der Waals surface area (Å²) in [6.07, 6.45) is 4.83. The second-order valence-corrected chi connectivity index (χ2v) is 10.7. The van der Waals surface area contributed by atoms with Crippen LogP contribution in [0.2, 0.25) is 0 Å². The summed E-state index contributed by atoms with van der Waals surface area (Å²) >= 11 is 1.81. The summed E-state index contributed by atoms with van der Waals surface area (Å²) in [6, 6.07) is 9.44. The summed E-state index contributed by atoms with van der Waals surface area (Å²) in [5, 5.41) is 12.4. The number of ether oxygens (including phenoxy) is 1. The molecule has 1 aliphatic heterocycles. The van der Waals surface area contributed by atoms with Crippen molar-refractivity contribution in [2.75, 3.05) is 26.7 Å². The van der Waals surface area contributed by atoms with Gasteiger partial charge in [-0.05, 0) is 111 Å². The zero-order valence-corrected chi connectivity index (χ0v) is 21.4. The molecule has 3 heterocycles. The number of hydrogen-bond acceptors (Lipinski definition) is 5. The van der Waals surface area contributed by atoms with Gasteiger partial charge in [0, 0.05) is 29.4 Å². The number of aryl methyl sites for hydroxylation is 2. The van der Waals surface area contributed by atoms with Crippen molar-refractivity contribution in [1.29, 1.82) is 0 Å². The van der Waals surface area contributed by atoms with Crippen molar-refractivity contribution in [3.8, 4) is 5.75 Å². The van der Waals surface area contributed by atoms with E-state index in [9.17, 15) is 9.90 Å². The third kappa shape index (κ3) is 6.58. The second-order valence-electron chi connectivity index (χ2n) is 9.67. The number of alkyl halides is 1. The van der Waals surface area contributed by atoms with E-state index in [4.69, 9.17) is 4.74 Å². The van der Waals surface area contributed by atoms with Crippen LogP contribution in [-0.2, 0) is 11.2 Å². The number of benzene rings is 1. The van der Waals surface area contributed by atoms with Crippen LogP contribution in [0.4, 0.5) is 4.39 Å². The third-order valence-corrected chi connectivity index (χ3v) is 8.45. The van der Waals surface area contributed by atoms with Crippen molar-refractivity contribution >= 4 is 28.2 Å². The van der Waals surface area contributed by atoms with E-state index >= 15 is 4.39 Å². The minimum atomic E-state index is -1.12. The van der Waals surface area contributed by atoms with Crippen molar-refractivity contribution in [2.24, 2.45) is 11.8 Å². The molecule has 1 fully saturated rings. The molecule has 0 radical (unpaired) electrons. The molecule has 3 atom stereocenters. The molecule has 0 spiro atoms. The number of fused-ring (bicyclic) bond motifs is 1. The molecule has 1 aromatic carbocycles. The zero-order chi connectivity index (χ0) is 24.8. The number of methoxy groups -OCH3 is 1. The van der Waals surface area contributed by atoms with Crippen LogP contribution in [0.1, 0.15) is 54.3 Å². The molecule has 0 aliphatic carbocycles. The standard InChI is InChI=1S/C28H35FN2O3S/c1-19-11-15-35-27(19)4-3-13-31-14-10-20(21(18-31)16-28(32)33)5-7-25(29)23-9-12-30-26-8-6-22(34-2)17-24(23)26/h6,8-9,11-12,15,17,20-21,25H,3-5,7,10,13-14,16,18H2,1-2H3,(H,32,33)/t20-,21+,25-/m1/s1. The van der Waals surface area contributed by atoms with Crippen molar-refractivity contribution in [2.45, 2.75) is 51.6 Å². The van der Waals surface area contributed by atoms with Gasteiger partial charge in [-0.2, -0.15) is 0 Å². The number of rotatable bonds is 11. The number of carbonyl (C=O) groups is 1. The number of aliphatic carboxylic acids is 1. The van der Waals surface area contributed by atoms with Crippen molar-refractivity contribution in [1.82, 2.24) is 9.88 Å². The molecular weight excluding hydrogens is 463 g/mol. The fourth-order valence-corrected chi connectivity index (χ4v) is 6.33. The Balaban J connectivity index is 1.35. The third-order valence-electron chi connectivity index (χ3n) is 7.37. The van der Waals surface area contributed by atoms with Crippen LogP contribution in [0, 0.1) is 18.8 Å². The Morgan fingerprint density at radius 2 is 2.17 bits per heavy atom. The largest absolute Gasteiger partial charge is 0.497 e. The van der Waals surface area contributed by atoms with Crippen molar-refractivity contribution in [3.05, 3.63) is 57.9 Å². The van der Waals surface area contributed by atoms with Gasteiger partial charge in [-0.3, -0.25) is 9.78 Å². The minimum Gasteiger partial charge on any atom is -0.497 e. The number of thiophene rings is 1. The fourth-order valence-electron chi connectivity index (χ4n) is 5.38. The van der Waals surface area contributed by atoms with Gasteiger partial charge in [-0.25, -0.2) is 4.39 Å². The maximum atomic E-state index is 15.5. The minimum absolute atomic E-state index is 0.0613. The number of hydrogen-bond donors (Lipinski definition) is 1. The van der Waals surface area contributed by atoms with Crippen LogP contribution < -0.4 is 4.74 Å². The molecule has 1 aliphatic rings. The van der Waals surface area contributed by atoms with Gasteiger partial charge in [0.1, 0.15) is 11.9 Å². The van der Waals surface area contributed by atoms with E-state index in [1.165, 1.54) is 10.4 Å². The number of piperidine rings is 1. The molecule has 35 heavy (non-hydrogen) atoms. The summed E-state index contributed by atoms with van der Waals surface area (Å²) in [5.41, 5.74) is 2.74. The Bertz CT molecular complexity index is 1130. The van der Waals surface area contributed by atoms with Gasteiger partial charge in [0.15, 0.2) is 0 Å². The molecule has 1 saturated heterocycles. The first kappa shape index (κ1) is 25.6. The van der Waals surface area contributed by atoms with Gasteiger partial charge in [-0.1, -0.05) is 0 Å². The zero-order valence-electron chi connectivity index (χ0n) is 20.6. The highest BCUT2D eigenvalue weighted by Gasteiger charge is 2.31. The molecule has 188 valence electrons. The molecule has 0 saturated carbocycles. The van der Waals surface area contributed by atoms with E-state index < -0.39 is 12.1 Å². The molecule has 2 aromatic heterocycles. The number of likely N-dealkylation sites (tertiary alicyclic amines) is 1. The lowest BCUT2D eigenvalue weighted by molar-refractivity contribution is -0.139. The van der Waals surface area contributed by atoms with E-state index in [2.05, 4.69) is 28.3 Å². The SMILES string of the molecule is COc1ccc2nccc([C@H](F)CC[C@@H]3CCN(CCCc4sccc4C)C[C@@H]3CC(=O)O)c2c1. The van der Waals surface area contributed by atoms with Crippen molar-refractivity contribution in [3.63, 3.8) is 0 Å². The van der Waals surface area contributed by atoms with Crippen LogP contribution in [0.25, 0.3) is 10.9 Å². The van der Waals surface area contributed by atoms with Crippen LogP contribution in [-0.4, -0.2) is 47.7 Å². The molecule has 7 heteroatoms. The first-order valence-electron chi connectivity index (χ1n) is 12.5. The highest BCUT2D eigenvalue weighted by atomic mass is 32.1. The number of halogens is 1. The van der Waals surface area contributed by atoms with Gasteiger partial charge >= 0.3 is 5.97 Å². The lowest BCUT2D eigenvalue weighted by atomic mass is 9.79. The molecule has 0 amide bonds. The van der Waals surface area contributed by atoms with Gasteiger partial charge in [0.2, 0.25) is 0 Å².